The molecule has 1 aliphatic heterocycles. The fourth-order valence-corrected chi connectivity index (χ4v) is 2.71. The second kappa shape index (κ2) is 5.71. The van der Waals surface area contributed by atoms with Crippen LogP contribution in [0.25, 0.3) is 0 Å². The fraction of sp³-hybridized carbons (Fsp3) is 0.533. The molecule has 1 heterocycles. The normalized spacial score (nSPS) is 22.6. The molecule has 0 radical (unpaired) electrons. The Morgan fingerprint density at radius 2 is 2.15 bits per heavy atom. The van der Waals surface area contributed by atoms with E-state index < -0.39 is 0 Å². The highest BCUT2D eigenvalue weighted by Gasteiger charge is 2.32. The Labute approximate surface area is 120 Å². The van der Waals surface area contributed by atoms with E-state index in [-0.39, 0.29) is 11.4 Å². The molecule has 110 valence electrons. The summed E-state index contributed by atoms with van der Waals surface area (Å²) in [5, 5.41) is 7.75. The molecule has 0 aromatic heterocycles. The van der Waals surface area contributed by atoms with Gasteiger partial charge in [-0.3, -0.25) is 5.41 Å². The molecule has 1 saturated heterocycles. The lowest BCUT2D eigenvalue weighted by Gasteiger charge is -2.41. The van der Waals surface area contributed by atoms with Gasteiger partial charge in [0, 0.05) is 31.8 Å². The first-order chi connectivity index (χ1) is 9.49. The minimum Gasteiger partial charge on any atom is -0.497 e. The lowest BCUT2D eigenvalue weighted by Crippen LogP contribution is -2.48. The summed E-state index contributed by atoms with van der Waals surface area (Å²) in [5.74, 6) is 0.849. The number of anilines is 1. The van der Waals surface area contributed by atoms with Crippen LogP contribution in [0.2, 0.25) is 0 Å². The SMILES string of the molecule is COc1ccc(C(=N)N)c(N2CCCC(C)(OC)C2)c1. The Morgan fingerprint density at radius 3 is 2.75 bits per heavy atom. The summed E-state index contributed by atoms with van der Waals surface area (Å²) in [4.78, 5) is 2.23. The molecule has 2 rings (SSSR count). The zero-order valence-electron chi connectivity index (χ0n) is 12.4. The van der Waals surface area contributed by atoms with E-state index in [1.165, 1.54) is 0 Å². The Hall–Kier alpha value is -1.75. The maximum absolute atomic E-state index is 7.75. The van der Waals surface area contributed by atoms with Gasteiger partial charge in [0.2, 0.25) is 0 Å². The highest BCUT2D eigenvalue weighted by atomic mass is 16.5. The van der Waals surface area contributed by atoms with Crippen molar-refractivity contribution in [2.45, 2.75) is 25.4 Å². The lowest BCUT2D eigenvalue weighted by atomic mass is 9.93. The Bertz CT molecular complexity index is 504. The van der Waals surface area contributed by atoms with Crippen molar-refractivity contribution < 1.29 is 9.47 Å². The van der Waals surface area contributed by atoms with Gasteiger partial charge in [-0.1, -0.05) is 0 Å². The van der Waals surface area contributed by atoms with E-state index >= 15 is 0 Å². The number of piperidine rings is 1. The topological polar surface area (TPSA) is 71.6 Å². The second-order valence-corrected chi connectivity index (χ2v) is 5.48. The fourth-order valence-electron chi connectivity index (χ4n) is 2.71. The lowest BCUT2D eigenvalue weighted by molar-refractivity contribution is -0.00466. The molecule has 1 fully saturated rings. The highest BCUT2D eigenvalue weighted by molar-refractivity contribution is 6.00. The molecule has 3 N–H and O–H groups in total. The van der Waals surface area contributed by atoms with Crippen LogP contribution in [-0.2, 0) is 4.74 Å². The number of amidine groups is 1. The van der Waals surface area contributed by atoms with Gasteiger partial charge >= 0.3 is 0 Å². The van der Waals surface area contributed by atoms with Gasteiger partial charge in [-0.25, -0.2) is 0 Å². The number of hydrogen-bond acceptors (Lipinski definition) is 4. The van der Waals surface area contributed by atoms with Crippen LogP contribution in [0.1, 0.15) is 25.3 Å². The van der Waals surface area contributed by atoms with E-state index in [0.29, 0.717) is 0 Å². The van der Waals surface area contributed by atoms with E-state index in [1.807, 2.05) is 18.2 Å². The van der Waals surface area contributed by atoms with Gasteiger partial charge < -0.3 is 20.1 Å². The van der Waals surface area contributed by atoms with Crippen LogP contribution in [0, 0.1) is 5.41 Å². The zero-order chi connectivity index (χ0) is 14.8. The quantitative estimate of drug-likeness (QED) is 0.652. The standard InChI is InChI=1S/C15H23N3O2/c1-15(20-3)7-4-8-18(10-15)13-9-11(19-2)5-6-12(13)14(16)17/h5-6,9H,4,7-8,10H2,1-3H3,(H3,16,17). The van der Waals surface area contributed by atoms with Crippen molar-refractivity contribution in [3.8, 4) is 5.75 Å². The number of methoxy groups -OCH3 is 2. The van der Waals surface area contributed by atoms with Gasteiger partial charge in [0.05, 0.1) is 18.4 Å². The molecular weight excluding hydrogens is 254 g/mol. The van der Waals surface area contributed by atoms with Crippen molar-refractivity contribution in [3.05, 3.63) is 23.8 Å². The van der Waals surface area contributed by atoms with Crippen LogP contribution < -0.4 is 15.4 Å². The minimum atomic E-state index is -0.157. The molecule has 1 aromatic carbocycles. The van der Waals surface area contributed by atoms with Gasteiger partial charge in [0.25, 0.3) is 0 Å². The number of nitrogen functional groups attached to an aromatic ring is 1. The van der Waals surface area contributed by atoms with Gasteiger partial charge in [-0.2, -0.15) is 0 Å². The van der Waals surface area contributed by atoms with Crippen LogP contribution in [0.15, 0.2) is 18.2 Å². The first kappa shape index (κ1) is 14.7. The molecule has 0 aliphatic carbocycles. The maximum Gasteiger partial charge on any atom is 0.124 e. The van der Waals surface area contributed by atoms with Crippen LogP contribution in [0.4, 0.5) is 5.69 Å². The number of ether oxygens (including phenoxy) is 2. The van der Waals surface area contributed by atoms with Crippen molar-refractivity contribution >= 4 is 11.5 Å². The maximum atomic E-state index is 7.75. The number of nitrogens with zero attached hydrogens (tertiary/aromatic N) is 1. The van der Waals surface area contributed by atoms with Crippen molar-refractivity contribution in [2.75, 3.05) is 32.2 Å². The zero-order valence-corrected chi connectivity index (χ0v) is 12.4. The summed E-state index contributed by atoms with van der Waals surface area (Å²) in [6.45, 7) is 3.84. The summed E-state index contributed by atoms with van der Waals surface area (Å²) in [6, 6.07) is 5.62. The first-order valence-corrected chi connectivity index (χ1v) is 6.81. The summed E-state index contributed by atoms with van der Waals surface area (Å²) < 4.78 is 10.9. The minimum absolute atomic E-state index is 0.0762. The first-order valence-electron chi connectivity index (χ1n) is 6.81. The molecule has 0 saturated carbocycles. The molecule has 1 atom stereocenters. The van der Waals surface area contributed by atoms with Gasteiger partial charge in [0.1, 0.15) is 11.6 Å². The molecule has 5 heteroatoms. The molecule has 0 spiro atoms. The third-order valence-corrected chi connectivity index (χ3v) is 3.99. The number of nitrogens with one attached hydrogen (secondary N) is 1. The largest absolute Gasteiger partial charge is 0.497 e. The van der Waals surface area contributed by atoms with E-state index in [4.69, 9.17) is 20.6 Å². The van der Waals surface area contributed by atoms with Gasteiger partial charge in [0.15, 0.2) is 0 Å². The van der Waals surface area contributed by atoms with E-state index in [0.717, 1.165) is 42.9 Å². The molecule has 5 nitrogen and oxygen atoms in total. The number of nitrogens with two attached hydrogens (primary N) is 1. The van der Waals surface area contributed by atoms with Crippen molar-refractivity contribution in [3.63, 3.8) is 0 Å². The third-order valence-electron chi connectivity index (χ3n) is 3.99. The monoisotopic (exact) mass is 277 g/mol. The van der Waals surface area contributed by atoms with Crippen molar-refractivity contribution in [2.24, 2.45) is 5.73 Å². The van der Waals surface area contributed by atoms with Gasteiger partial charge in [-0.15, -0.1) is 0 Å². The van der Waals surface area contributed by atoms with E-state index in [1.54, 1.807) is 14.2 Å². The molecule has 1 unspecified atom stereocenters. The average Bonchev–Trinajstić information content (AvgIpc) is 2.46. The van der Waals surface area contributed by atoms with E-state index in [2.05, 4.69) is 11.8 Å². The summed E-state index contributed by atoms with van der Waals surface area (Å²) in [7, 11) is 3.39. The highest BCUT2D eigenvalue weighted by Crippen LogP contribution is 2.32. The molecule has 1 aromatic rings. The second-order valence-electron chi connectivity index (χ2n) is 5.48. The summed E-state index contributed by atoms with van der Waals surface area (Å²) >= 11 is 0. The average molecular weight is 277 g/mol. The number of hydrogen-bond donors (Lipinski definition) is 2. The predicted molar refractivity (Wildman–Crippen MR) is 80.9 cm³/mol. The number of rotatable bonds is 4. The van der Waals surface area contributed by atoms with Crippen LogP contribution in [-0.4, -0.2) is 38.7 Å². The summed E-state index contributed by atoms with van der Waals surface area (Å²) in [6.07, 6.45) is 2.10. The van der Waals surface area contributed by atoms with Crippen molar-refractivity contribution in [1.29, 1.82) is 5.41 Å². The molecule has 20 heavy (non-hydrogen) atoms. The van der Waals surface area contributed by atoms with Crippen LogP contribution >= 0.6 is 0 Å². The number of benzene rings is 1. The Kier molecular flexibility index (Phi) is 4.18. The summed E-state index contributed by atoms with van der Waals surface area (Å²) in [5.41, 5.74) is 7.23. The molecular formula is C15H23N3O2. The molecule has 1 aliphatic rings. The predicted octanol–water partition coefficient (Wildman–Crippen LogP) is 1.98. The van der Waals surface area contributed by atoms with Crippen LogP contribution in [0.5, 0.6) is 5.75 Å². The van der Waals surface area contributed by atoms with Crippen LogP contribution in [0.3, 0.4) is 0 Å². The Balaban J connectivity index is 2.37. The van der Waals surface area contributed by atoms with Crippen molar-refractivity contribution in [1.82, 2.24) is 0 Å². The van der Waals surface area contributed by atoms with E-state index in [9.17, 15) is 0 Å². The third kappa shape index (κ3) is 2.88. The molecule has 0 amide bonds. The molecule has 0 bridgehead atoms. The Morgan fingerprint density at radius 1 is 1.40 bits per heavy atom. The van der Waals surface area contributed by atoms with Gasteiger partial charge in [-0.05, 0) is 31.9 Å². The smallest absolute Gasteiger partial charge is 0.124 e.